The van der Waals surface area contributed by atoms with Crippen LogP contribution in [0.2, 0.25) is 5.02 Å². The molecular weight excluding hydrogens is 408 g/mol. The summed E-state index contributed by atoms with van der Waals surface area (Å²) in [5.41, 5.74) is 1.19. The maximum absolute atomic E-state index is 13.0. The highest BCUT2D eigenvalue weighted by Crippen LogP contribution is 2.36. The van der Waals surface area contributed by atoms with Gasteiger partial charge in [0.25, 0.3) is 0 Å². The molecule has 9 heteroatoms. The molecule has 146 valence electrons. The average Bonchev–Trinajstić information content (AvgIpc) is 2.61. The van der Waals surface area contributed by atoms with Crippen LogP contribution in [-0.4, -0.2) is 17.6 Å². The lowest BCUT2D eigenvalue weighted by Crippen LogP contribution is -2.51. The Labute approximate surface area is 170 Å². The molecule has 0 unspecified atom stereocenters. The highest BCUT2D eigenvalue weighted by molar-refractivity contribution is 7.80. The molecule has 5 nitrogen and oxygen atoms in total. The Morgan fingerprint density at radius 1 is 1.25 bits per heavy atom. The lowest BCUT2D eigenvalue weighted by molar-refractivity contribution is -0.119. The van der Waals surface area contributed by atoms with Crippen LogP contribution in [0.3, 0.4) is 0 Å². The fraction of sp³-hybridized carbons (Fsp3) is 0.158. The van der Waals surface area contributed by atoms with Crippen LogP contribution in [0.5, 0.6) is 5.75 Å². The van der Waals surface area contributed by atoms with Crippen LogP contribution in [0.15, 0.2) is 60.8 Å². The number of nitrogens with one attached hydrogen (secondary N) is 3. The Bertz CT molecular complexity index is 926. The van der Waals surface area contributed by atoms with E-state index in [1.165, 1.54) is 6.07 Å². The number of carbonyl (C=O) groups is 1. The van der Waals surface area contributed by atoms with E-state index in [1.54, 1.807) is 42.5 Å². The van der Waals surface area contributed by atoms with E-state index in [2.05, 4.69) is 27.3 Å². The van der Waals surface area contributed by atoms with Gasteiger partial charge in [-0.3, -0.25) is 4.79 Å². The predicted molar refractivity (Wildman–Crippen MR) is 107 cm³/mol. The Balaban J connectivity index is 1.94. The first-order chi connectivity index (χ1) is 13.3. The van der Waals surface area contributed by atoms with Crippen molar-refractivity contribution in [1.82, 2.24) is 10.6 Å². The summed E-state index contributed by atoms with van der Waals surface area (Å²) in [5.74, 6) is -1.31. The molecule has 28 heavy (non-hydrogen) atoms. The molecule has 0 aromatic heterocycles. The molecule has 3 N–H and O–H groups in total. The summed E-state index contributed by atoms with van der Waals surface area (Å²) in [5, 5.41) is 9.22. The summed E-state index contributed by atoms with van der Waals surface area (Å²) in [6.45, 7) is 0.875. The standard InChI is InChI=1S/C19H16ClF2N3O2S/c1-10-15(17(26)24-12-6-4-5-11(20)9-12)16(25-19(28)23-10)13-7-2-3-8-14(13)27-18(21)22/h2-9,15-16,18H,1H2,(H,24,26)(H2,23,25,28)/t15-,16+/m0/s1. The minimum Gasteiger partial charge on any atom is -0.434 e. The van der Waals surface area contributed by atoms with Crippen LogP contribution in [0.25, 0.3) is 0 Å². The first kappa shape index (κ1) is 20.0. The monoisotopic (exact) mass is 423 g/mol. The van der Waals surface area contributed by atoms with Crippen molar-refractivity contribution in [3.05, 3.63) is 71.4 Å². The summed E-state index contributed by atoms with van der Waals surface area (Å²) < 4.78 is 30.2. The van der Waals surface area contributed by atoms with Gasteiger partial charge in [-0.2, -0.15) is 8.78 Å². The summed E-state index contributed by atoms with van der Waals surface area (Å²) in [7, 11) is 0. The fourth-order valence-electron chi connectivity index (χ4n) is 2.98. The summed E-state index contributed by atoms with van der Waals surface area (Å²) in [4.78, 5) is 13.0. The van der Waals surface area contributed by atoms with Crippen LogP contribution in [-0.2, 0) is 4.79 Å². The van der Waals surface area contributed by atoms with Crippen molar-refractivity contribution < 1.29 is 18.3 Å². The predicted octanol–water partition coefficient (Wildman–Crippen LogP) is 4.23. The number of para-hydroxylation sites is 1. The quantitative estimate of drug-likeness (QED) is 0.628. The molecule has 2 aromatic rings. The molecular formula is C19H16ClF2N3O2S. The van der Waals surface area contributed by atoms with Gasteiger partial charge < -0.3 is 20.7 Å². The number of ether oxygens (including phenoxy) is 1. The minimum absolute atomic E-state index is 0.0481. The first-order valence-corrected chi connectivity index (χ1v) is 9.00. The first-order valence-electron chi connectivity index (χ1n) is 8.21. The van der Waals surface area contributed by atoms with E-state index in [-0.39, 0.29) is 10.9 Å². The van der Waals surface area contributed by atoms with Gasteiger partial charge in [-0.05, 0) is 36.5 Å². The van der Waals surface area contributed by atoms with Crippen molar-refractivity contribution in [1.29, 1.82) is 0 Å². The molecule has 2 aromatic carbocycles. The lowest BCUT2D eigenvalue weighted by Gasteiger charge is -2.36. The van der Waals surface area contributed by atoms with E-state index in [4.69, 9.17) is 23.8 Å². The number of alkyl halides is 2. The summed E-state index contributed by atoms with van der Waals surface area (Å²) >= 11 is 11.1. The second kappa shape index (κ2) is 8.53. The maximum Gasteiger partial charge on any atom is 0.387 e. The van der Waals surface area contributed by atoms with Crippen LogP contribution < -0.4 is 20.7 Å². The SMILES string of the molecule is C=C1NC(=S)N[C@H](c2ccccc2OC(F)F)[C@H]1C(=O)Nc1cccc(Cl)c1. The Morgan fingerprint density at radius 3 is 2.71 bits per heavy atom. The molecule has 3 rings (SSSR count). The third kappa shape index (κ3) is 4.58. The van der Waals surface area contributed by atoms with E-state index in [0.717, 1.165) is 0 Å². The van der Waals surface area contributed by atoms with Crippen LogP contribution in [0.1, 0.15) is 11.6 Å². The molecule has 0 aliphatic carbocycles. The van der Waals surface area contributed by atoms with Gasteiger partial charge in [0.1, 0.15) is 11.7 Å². The van der Waals surface area contributed by atoms with Crippen molar-refractivity contribution in [2.45, 2.75) is 12.7 Å². The molecule has 1 aliphatic rings. The Morgan fingerprint density at radius 2 is 2.00 bits per heavy atom. The normalized spacial score (nSPS) is 19.0. The third-order valence-electron chi connectivity index (χ3n) is 4.11. The molecule has 0 saturated carbocycles. The highest BCUT2D eigenvalue weighted by Gasteiger charge is 2.38. The minimum atomic E-state index is -3.00. The van der Waals surface area contributed by atoms with Gasteiger partial charge in [-0.1, -0.05) is 42.4 Å². The average molecular weight is 424 g/mol. The molecule has 0 radical (unpaired) electrons. The Hall–Kier alpha value is -2.71. The zero-order valence-electron chi connectivity index (χ0n) is 14.4. The third-order valence-corrected chi connectivity index (χ3v) is 4.57. The zero-order chi connectivity index (χ0) is 20.3. The largest absolute Gasteiger partial charge is 0.434 e. The number of rotatable bonds is 5. The molecule has 2 atom stereocenters. The van der Waals surface area contributed by atoms with Gasteiger partial charge in [0.05, 0.1) is 6.04 Å². The second-order valence-corrected chi connectivity index (χ2v) is 6.84. The van der Waals surface area contributed by atoms with Gasteiger partial charge in [0, 0.05) is 22.0 Å². The molecule has 1 heterocycles. The van der Waals surface area contributed by atoms with Gasteiger partial charge in [-0.25, -0.2) is 0 Å². The molecule has 1 fully saturated rings. The number of carbonyl (C=O) groups excluding carboxylic acids is 1. The zero-order valence-corrected chi connectivity index (χ0v) is 16.0. The maximum atomic E-state index is 13.0. The number of thiocarbonyl (C=S) groups is 1. The van der Waals surface area contributed by atoms with Crippen LogP contribution in [0.4, 0.5) is 14.5 Å². The van der Waals surface area contributed by atoms with Gasteiger partial charge in [0.2, 0.25) is 5.91 Å². The lowest BCUT2D eigenvalue weighted by atomic mass is 9.87. The van der Waals surface area contributed by atoms with Crippen LogP contribution >= 0.6 is 23.8 Å². The molecule has 1 amide bonds. The van der Waals surface area contributed by atoms with Gasteiger partial charge in [-0.15, -0.1) is 0 Å². The smallest absolute Gasteiger partial charge is 0.387 e. The topological polar surface area (TPSA) is 62.4 Å². The molecule has 1 saturated heterocycles. The van der Waals surface area contributed by atoms with Gasteiger partial charge >= 0.3 is 6.61 Å². The van der Waals surface area contributed by atoms with Crippen molar-refractivity contribution in [2.75, 3.05) is 5.32 Å². The number of benzene rings is 2. The molecule has 1 aliphatic heterocycles. The Kier molecular flexibility index (Phi) is 6.11. The van der Waals surface area contributed by atoms with E-state index in [9.17, 15) is 13.6 Å². The van der Waals surface area contributed by atoms with Crippen molar-refractivity contribution in [3.63, 3.8) is 0 Å². The summed E-state index contributed by atoms with van der Waals surface area (Å²) in [6, 6.07) is 12.1. The van der Waals surface area contributed by atoms with E-state index in [1.807, 2.05) is 0 Å². The van der Waals surface area contributed by atoms with Crippen LogP contribution in [0, 0.1) is 5.92 Å². The second-order valence-electron chi connectivity index (χ2n) is 5.99. The van der Waals surface area contributed by atoms with Crippen molar-refractivity contribution >= 4 is 40.5 Å². The summed E-state index contributed by atoms with van der Waals surface area (Å²) in [6.07, 6.45) is 0. The van der Waals surface area contributed by atoms with Gasteiger partial charge in [0.15, 0.2) is 5.11 Å². The molecule has 0 bridgehead atoms. The number of amides is 1. The van der Waals surface area contributed by atoms with E-state index < -0.39 is 24.5 Å². The number of halogens is 3. The number of hydrogen-bond donors (Lipinski definition) is 3. The van der Waals surface area contributed by atoms with Crippen molar-refractivity contribution in [3.8, 4) is 5.75 Å². The van der Waals surface area contributed by atoms with E-state index >= 15 is 0 Å². The number of anilines is 1. The van der Waals surface area contributed by atoms with Crippen molar-refractivity contribution in [2.24, 2.45) is 5.92 Å². The molecule has 0 spiro atoms. The highest BCUT2D eigenvalue weighted by atomic mass is 35.5. The number of hydrogen-bond acceptors (Lipinski definition) is 3. The fourth-order valence-corrected chi connectivity index (χ4v) is 3.43. The van der Waals surface area contributed by atoms with E-state index in [0.29, 0.717) is 22.0 Å².